The first kappa shape index (κ1) is 13.7. The number of hydrogen-bond acceptors (Lipinski definition) is 2. The van der Waals surface area contributed by atoms with Crippen LogP contribution in [0, 0.1) is 0 Å². The van der Waals surface area contributed by atoms with Crippen molar-refractivity contribution < 1.29 is 4.74 Å². The fourth-order valence-corrected chi connectivity index (χ4v) is 2.39. The summed E-state index contributed by atoms with van der Waals surface area (Å²) in [5.74, 6) is 0.726. The highest BCUT2D eigenvalue weighted by Crippen LogP contribution is 2.30. The minimum Gasteiger partial charge on any atom is -0.494 e. The van der Waals surface area contributed by atoms with E-state index in [0.29, 0.717) is 5.02 Å². The minimum atomic E-state index is 0.678. The number of benzene rings is 2. The second-order valence-electron chi connectivity index (χ2n) is 4.63. The van der Waals surface area contributed by atoms with E-state index in [2.05, 4.69) is 17.1 Å². The molecular formula is C18H14ClNO. The third kappa shape index (κ3) is 2.91. The Labute approximate surface area is 128 Å². The molecule has 0 amide bonds. The van der Waals surface area contributed by atoms with Crippen LogP contribution in [0.2, 0.25) is 5.02 Å². The maximum absolute atomic E-state index is 6.20. The normalized spacial score (nSPS) is 11.1. The zero-order chi connectivity index (χ0) is 14.7. The van der Waals surface area contributed by atoms with E-state index in [-0.39, 0.29) is 0 Å². The highest BCUT2D eigenvalue weighted by atomic mass is 35.5. The molecule has 0 saturated heterocycles. The number of hydrogen-bond donors (Lipinski definition) is 0. The third-order valence-electron chi connectivity index (χ3n) is 3.25. The van der Waals surface area contributed by atoms with Gasteiger partial charge >= 0.3 is 0 Å². The van der Waals surface area contributed by atoms with Gasteiger partial charge in [-0.1, -0.05) is 48.0 Å². The molecule has 0 atom stereocenters. The second-order valence-corrected chi connectivity index (χ2v) is 5.03. The molecule has 1 aromatic heterocycles. The molecule has 2 aromatic carbocycles. The van der Waals surface area contributed by atoms with Gasteiger partial charge in [-0.25, -0.2) is 4.98 Å². The van der Waals surface area contributed by atoms with E-state index in [1.807, 2.05) is 54.6 Å². The fraction of sp³-hybridized carbons (Fsp3) is 0.0556. The van der Waals surface area contributed by atoms with E-state index >= 15 is 0 Å². The Morgan fingerprint density at radius 2 is 1.76 bits per heavy atom. The first-order valence-electron chi connectivity index (χ1n) is 6.64. The van der Waals surface area contributed by atoms with Crippen molar-refractivity contribution in [3.8, 4) is 5.75 Å². The van der Waals surface area contributed by atoms with Gasteiger partial charge in [0.2, 0.25) is 0 Å². The number of rotatable bonds is 3. The molecule has 1 heterocycles. The van der Waals surface area contributed by atoms with Crippen LogP contribution in [0.1, 0.15) is 11.3 Å². The molecule has 3 rings (SSSR count). The lowest BCUT2D eigenvalue weighted by molar-refractivity contribution is 0.419. The Bertz CT molecular complexity index is 797. The zero-order valence-electron chi connectivity index (χ0n) is 11.6. The maximum Gasteiger partial charge on any atom is 0.145 e. The quantitative estimate of drug-likeness (QED) is 0.673. The summed E-state index contributed by atoms with van der Waals surface area (Å²) in [6, 6.07) is 17.7. The van der Waals surface area contributed by atoms with Gasteiger partial charge in [-0.2, -0.15) is 0 Å². The maximum atomic E-state index is 6.20. The average molecular weight is 296 g/mol. The van der Waals surface area contributed by atoms with Crippen molar-refractivity contribution in [2.24, 2.45) is 0 Å². The van der Waals surface area contributed by atoms with Crippen molar-refractivity contribution in [1.82, 2.24) is 4.98 Å². The average Bonchev–Trinajstić information content (AvgIpc) is 2.54. The van der Waals surface area contributed by atoms with Gasteiger partial charge < -0.3 is 4.74 Å². The summed E-state index contributed by atoms with van der Waals surface area (Å²) in [7, 11) is 1.64. The van der Waals surface area contributed by atoms with E-state index < -0.39 is 0 Å². The standard InChI is InChI=1S/C18H14ClNO/c1-21-17-12-11-16(19)15-10-9-14(20-18(15)17)8-7-13-5-3-2-4-6-13/h2-12H,1H3/b8-7+. The molecule has 2 nitrogen and oxygen atoms in total. The monoisotopic (exact) mass is 295 g/mol. The molecular weight excluding hydrogens is 282 g/mol. The van der Waals surface area contributed by atoms with Gasteiger partial charge in [0.15, 0.2) is 0 Å². The number of fused-ring (bicyclic) bond motifs is 1. The molecule has 0 radical (unpaired) electrons. The Hall–Kier alpha value is -2.32. The molecule has 0 bridgehead atoms. The summed E-state index contributed by atoms with van der Waals surface area (Å²) >= 11 is 6.20. The lowest BCUT2D eigenvalue weighted by Gasteiger charge is -2.06. The summed E-state index contributed by atoms with van der Waals surface area (Å²) in [4.78, 5) is 4.63. The summed E-state index contributed by atoms with van der Waals surface area (Å²) in [5, 5.41) is 1.57. The van der Waals surface area contributed by atoms with Crippen molar-refractivity contribution in [1.29, 1.82) is 0 Å². The van der Waals surface area contributed by atoms with Crippen LogP contribution in [0.5, 0.6) is 5.75 Å². The largest absolute Gasteiger partial charge is 0.494 e. The van der Waals surface area contributed by atoms with Crippen LogP contribution in [0.15, 0.2) is 54.6 Å². The minimum absolute atomic E-state index is 0.678. The number of halogens is 1. The van der Waals surface area contributed by atoms with Crippen LogP contribution in [-0.4, -0.2) is 12.1 Å². The Morgan fingerprint density at radius 3 is 2.52 bits per heavy atom. The van der Waals surface area contributed by atoms with Gasteiger partial charge in [0.1, 0.15) is 11.3 Å². The van der Waals surface area contributed by atoms with Crippen LogP contribution in [0.3, 0.4) is 0 Å². The van der Waals surface area contributed by atoms with Crippen molar-refractivity contribution in [3.63, 3.8) is 0 Å². The number of nitrogens with zero attached hydrogens (tertiary/aromatic N) is 1. The lowest BCUT2D eigenvalue weighted by atomic mass is 10.1. The molecule has 21 heavy (non-hydrogen) atoms. The predicted molar refractivity (Wildman–Crippen MR) is 88.7 cm³/mol. The van der Waals surface area contributed by atoms with Crippen LogP contribution in [-0.2, 0) is 0 Å². The van der Waals surface area contributed by atoms with Crippen LogP contribution < -0.4 is 4.74 Å². The first-order chi connectivity index (χ1) is 10.3. The van der Waals surface area contributed by atoms with E-state index in [0.717, 1.165) is 27.9 Å². The number of ether oxygens (including phenoxy) is 1. The molecule has 0 aliphatic heterocycles. The first-order valence-corrected chi connectivity index (χ1v) is 7.02. The van der Waals surface area contributed by atoms with Crippen LogP contribution >= 0.6 is 11.6 Å². The van der Waals surface area contributed by atoms with Gasteiger partial charge in [0.05, 0.1) is 17.8 Å². The highest BCUT2D eigenvalue weighted by Gasteiger charge is 2.06. The van der Waals surface area contributed by atoms with Gasteiger partial charge in [-0.05, 0) is 35.9 Å². The molecule has 0 fully saturated rings. The van der Waals surface area contributed by atoms with Gasteiger partial charge in [0, 0.05) is 5.39 Å². The highest BCUT2D eigenvalue weighted by molar-refractivity contribution is 6.35. The van der Waals surface area contributed by atoms with Crippen LogP contribution in [0.25, 0.3) is 23.1 Å². The Kier molecular flexibility index (Phi) is 3.89. The van der Waals surface area contributed by atoms with Crippen molar-refractivity contribution in [2.45, 2.75) is 0 Å². The molecule has 0 spiro atoms. The van der Waals surface area contributed by atoms with E-state index in [1.165, 1.54) is 0 Å². The predicted octanol–water partition coefficient (Wildman–Crippen LogP) is 5.07. The van der Waals surface area contributed by atoms with E-state index in [1.54, 1.807) is 7.11 Å². The molecule has 0 aliphatic carbocycles. The fourth-order valence-electron chi connectivity index (χ4n) is 2.18. The molecule has 0 saturated carbocycles. The van der Waals surface area contributed by atoms with Gasteiger partial charge in [-0.15, -0.1) is 0 Å². The van der Waals surface area contributed by atoms with Crippen molar-refractivity contribution >= 4 is 34.7 Å². The second kappa shape index (κ2) is 5.98. The molecule has 0 aliphatic rings. The van der Waals surface area contributed by atoms with E-state index in [9.17, 15) is 0 Å². The molecule has 0 unspecified atom stereocenters. The summed E-state index contributed by atoms with van der Waals surface area (Å²) in [6.07, 6.45) is 4.01. The molecule has 104 valence electrons. The molecule has 0 N–H and O–H groups in total. The summed E-state index contributed by atoms with van der Waals surface area (Å²) in [5.41, 5.74) is 2.78. The molecule has 3 heteroatoms. The number of pyridine rings is 1. The number of aromatic nitrogens is 1. The Balaban J connectivity index is 2.03. The summed E-state index contributed by atoms with van der Waals surface area (Å²) < 4.78 is 5.36. The lowest BCUT2D eigenvalue weighted by Crippen LogP contribution is -1.90. The van der Waals surface area contributed by atoms with Crippen molar-refractivity contribution in [3.05, 3.63) is 70.9 Å². The van der Waals surface area contributed by atoms with Gasteiger partial charge in [0.25, 0.3) is 0 Å². The van der Waals surface area contributed by atoms with Gasteiger partial charge in [-0.3, -0.25) is 0 Å². The van der Waals surface area contributed by atoms with E-state index in [4.69, 9.17) is 16.3 Å². The summed E-state index contributed by atoms with van der Waals surface area (Å²) in [6.45, 7) is 0. The zero-order valence-corrected chi connectivity index (χ0v) is 12.3. The topological polar surface area (TPSA) is 22.1 Å². The third-order valence-corrected chi connectivity index (χ3v) is 3.58. The smallest absolute Gasteiger partial charge is 0.145 e. The Morgan fingerprint density at radius 1 is 0.952 bits per heavy atom. The van der Waals surface area contributed by atoms with Crippen molar-refractivity contribution in [2.75, 3.05) is 7.11 Å². The van der Waals surface area contributed by atoms with Crippen LogP contribution in [0.4, 0.5) is 0 Å². The number of methoxy groups -OCH3 is 1. The molecule has 3 aromatic rings. The SMILES string of the molecule is COc1ccc(Cl)c2ccc(/C=C/c3ccccc3)nc12.